The van der Waals surface area contributed by atoms with E-state index in [-0.39, 0.29) is 19.3 Å². The lowest BCUT2D eigenvalue weighted by Crippen LogP contribution is -2.45. The van der Waals surface area contributed by atoms with Crippen LogP contribution in [0.25, 0.3) is 0 Å². The van der Waals surface area contributed by atoms with Crippen LogP contribution in [0.3, 0.4) is 0 Å². The van der Waals surface area contributed by atoms with E-state index in [2.05, 4.69) is 5.32 Å². The molecule has 10 heteroatoms. The van der Waals surface area contributed by atoms with Gasteiger partial charge in [-0.25, -0.2) is 4.79 Å². The first-order chi connectivity index (χ1) is 13.8. The largest absolute Gasteiger partial charge is 0.369 e. The number of carbonyl (C=O) groups excluding carboxylic acids is 4. The van der Waals surface area contributed by atoms with Crippen molar-refractivity contribution >= 4 is 52.6 Å². The summed E-state index contributed by atoms with van der Waals surface area (Å²) in [5.74, 6) is -1.54. The quantitative estimate of drug-likeness (QED) is 0.435. The fourth-order valence-electron chi connectivity index (χ4n) is 2.90. The molecule has 1 unspecified atom stereocenters. The number of amides is 3. The Morgan fingerprint density at radius 2 is 1.66 bits per heavy atom. The molecule has 3 amide bonds. The summed E-state index contributed by atoms with van der Waals surface area (Å²) in [6.45, 7) is 2.56. The van der Waals surface area contributed by atoms with Crippen LogP contribution in [0.4, 0.5) is 5.69 Å². The van der Waals surface area contributed by atoms with E-state index in [1.165, 1.54) is 6.92 Å². The van der Waals surface area contributed by atoms with E-state index < -0.39 is 29.7 Å². The van der Waals surface area contributed by atoms with Gasteiger partial charge in [-0.2, -0.15) is 0 Å². The number of alkyl halides is 2. The van der Waals surface area contributed by atoms with Gasteiger partial charge in [0.2, 0.25) is 5.91 Å². The van der Waals surface area contributed by atoms with Gasteiger partial charge in [-0.1, -0.05) is 12.1 Å². The molecule has 0 aromatic heterocycles. The minimum atomic E-state index is -1.04. The second-order valence-electron chi connectivity index (χ2n) is 6.48. The molecule has 1 fully saturated rings. The number of rotatable bonds is 10. The number of benzene rings is 1. The van der Waals surface area contributed by atoms with Crippen molar-refractivity contribution in [1.29, 1.82) is 0 Å². The van der Waals surface area contributed by atoms with Crippen molar-refractivity contribution in [2.75, 3.05) is 29.7 Å². The predicted octanol–water partition coefficient (Wildman–Crippen LogP) is 1.62. The maximum Gasteiger partial charge on any atom is 0.355 e. The zero-order chi connectivity index (χ0) is 21.4. The highest BCUT2D eigenvalue weighted by Crippen LogP contribution is 2.18. The highest BCUT2D eigenvalue weighted by molar-refractivity contribution is 6.18. The van der Waals surface area contributed by atoms with Crippen LogP contribution in [-0.4, -0.2) is 59.6 Å². The smallest absolute Gasteiger partial charge is 0.355 e. The van der Waals surface area contributed by atoms with E-state index in [1.807, 2.05) is 29.2 Å². The Labute approximate surface area is 179 Å². The van der Waals surface area contributed by atoms with Gasteiger partial charge in [0.25, 0.3) is 11.8 Å². The first-order valence-electron chi connectivity index (χ1n) is 9.16. The fraction of sp³-hybridized carbons (Fsp3) is 0.474. The second-order valence-corrected chi connectivity index (χ2v) is 7.24. The van der Waals surface area contributed by atoms with Crippen molar-refractivity contribution in [3.63, 3.8) is 0 Å². The van der Waals surface area contributed by atoms with Crippen molar-refractivity contribution in [1.82, 2.24) is 10.4 Å². The Morgan fingerprint density at radius 1 is 1.10 bits per heavy atom. The van der Waals surface area contributed by atoms with Gasteiger partial charge in [0, 0.05) is 56.7 Å². The fourth-order valence-corrected chi connectivity index (χ4v) is 3.31. The van der Waals surface area contributed by atoms with Crippen LogP contribution in [0, 0.1) is 0 Å². The molecule has 1 heterocycles. The minimum absolute atomic E-state index is 0.000512. The van der Waals surface area contributed by atoms with Gasteiger partial charge < -0.3 is 15.1 Å². The highest BCUT2D eigenvalue weighted by Gasteiger charge is 2.35. The van der Waals surface area contributed by atoms with Crippen molar-refractivity contribution in [2.45, 2.75) is 32.2 Å². The van der Waals surface area contributed by atoms with Crippen LogP contribution in [0.2, 0.25) is 0 Å². The maximum absolute atomic E-state index is 12.5. The number of nitrogens with one attached hydrogen (secondary N) is 1. The van der Waals surface area contributed by atoms with Crippen LogP contribution in [-0.2, 0) is 30.4 Å². The molecule has 158 valence electrons. The Balaban J connectivity index is 2.09. The summed E-state index contributed by atoms with van der Waals surface area (Å²) in [5, 5.41) is 2.97. The first-order valence-corrected chi connectivity index (χ1v) is 10.2. The molecule has 0 radical (unpaired) electrons. The maximum atomic E-state index is 12.5. The Hall–Kier alpha value is -2.32. The van der Waals surface area contributed by atoms with Crippen LogP contribution < -0.4 is 10.2 Å². The minimum Gasteiger partial charge on any atom is -0.369 e. The van der Waals surface area contributed by atoms with Crippen molar-refractivity contribution in [3.8, 4) is 0 Å². The SMILES string of the molecule is CC(=O)NC(Cc1ccc(N(CCCl)CCCl)cc1)C(=O)ON1C(=O)CCC1=O. The van der Waals surface area contributed by atoms with Crippen molar-refractivity contribution in [3.05, 3.63) is 29.8 Å². The van der Waals surface area contributed by atoms with E-state index in [0.29, 0.717) is 29.9 Å². The van der Waals surface area contributed by atoms with Crippen LogP contribution in [0.5, 0.6) is 0 Å². The number of hydrogen-bond acceptors (Lipinski definition) is 6. The lowest BCUT2D eigenvalue weighted by atomic mass is 10.1. The molecule has 1 saturated heterocycles. The van der Waals surface area contributed by atoms with E-state index in [1.54, 1.807) is 0 Å². The summed E-state index contributed by atoms with van der Waals surface area (Å²) in [5.41, 5.74) is 1.70. The summed E-state index contributed by atoms with van der Waals surface area (Å²) in [7, 11) is 0. The normalized spacial score (nSPS) is 14.7. The van der Waals surface area contributed by atoms with Gasteiger partial charge in [-0.15, -0.1) is 28.3 Å². The van der Waals surface area contributed by atoms with E-state index >= 15 is 0 Å². The number of imide groups is 1. The van der Waals surface area contributed by atoms with Crippen LogP contribution in [0.15, 0.2) is 24.3 Å². The van der Waals surface area contributed by atoms with Crippen molar-refractivity contribution < 1.29 is 24.0 Å². The summed E-state index contributed by atoms with van der Waals surface area (Å²) < 4.78 is 0. The van der Waals surface area contributed by atoms with E-state index in [0.717, 1.165) is 11.3 Å². The monoisotopic (exact) mass is 443 g/mol. The lowest BCUT2D eigenvalue weighted by molar-refractivity contribution is -0.199. The zero-order valence-electron chi connectivity index (χ0n) is 16.0. The van der Waals surface area contributed by atoms with Crippen LogP contribution >= 0.6 is 23.2 Å². The average molecular weight is 444 g/mol. The second kappa shape index (κ2) is 11.0. The predicted molar refractivity (Wildman–Crippen MR) is 109 cm³/mol. The molecule has 0 bridgehead atoms. The first kappa shape index (κ1) is 23.0. The Bertz CT molecular complexity index is 735. The molecule has 0 saturated carbocycles. The molecule has 1 aromatic carbocycles. The molecule has 1 atom stereocenters. The van der Waals surface area contributed by atoms with Gasteiger partial charge >= 0.3 is 5.97 Å². The molecule has 1 N–H and O–H groups in total. The van der Waals surface area contributed by atoms with Gasteiger partial charge in [-0.05, 0) is 17.7 Å². The molecule has 1 aliphatic rings. The molecular formula is C19H23Cl2N3O5. The van der Waals surface area contributed by atoms with Gasteiger partial charge in [0.15, 0.2) is 0 Å². The molecule has 8 nitrogen and oxygen atoms in total. The molecule has 0 aliphatic carbocycles. The molecule has 1 aliphatic heterocycles. The lowest BCUT2D eigenvalue weighted by Gasteiger charge is -2.23. The number of hydrogen-bond donors (Lipinski definition) is 1. The third-order valence-electron chi connectivity index (χ3n) is 4.30. The Kier molecular flexibility index (Phi) is 8.72. The summed E-state index contributed by atoms with van der Waals surface area (Å²) in [6.07, 6.45) is 0.138. The van der Waals surface area contributed by atoms with Crippen LogP contribution in [0.1, 0.15) is 25.3 Å². The molecule has 1 aromatic rings. The highest BCUT2D eigenvalue weighted by atomic mass is 35.5. The van der Waals surface area contributed by atoms with Gasteiger partial charge in [-0.3, -0.25) is 14.4 Å². The number of nitrogens with zero attached hydrogens (tertiary/aromatic N) is 2. The molecule has 29 heavy (non-hydrogen) atoms. The molecule has 0 spiro atoms. The third kappa shape index (κ3) is 6.61. The number of halogens is 2. The van der Waals surface area contributed by atoms with E-state index in [9.17, 15) is 19.2 Å². The number of hydroxylamine groups is 2. The van der Waals surface area contributed by atoms with Gasteiger partial charge in [0.05, 0.1) is 0 Å². The van der Waals surface area contributed by atoms with E-state index in [4.69, 9.17) is 28.0 Å². The average Bonchev–Trinajstić information content (AvgIpc) is 2.99. The Morgan fingerprint density at radius 3 is 2.14 bits per heavy atom. The number of carbonyl (C=O) groups is 4. The van der Waals surface area contributed by atoms with Gasteiger partial charge in [0.1, 0.15) is 6.04 Å². The topological polar surface area (TPSA) is 96.0 Å². The number of anilines is 1. The van der Waals surface area contributed by atoms with Crippen molar-refractivity contribution in [2.24, 2.45) is 0 Å². The molecular weight excluding hydrogens is 421 g/mol. The zero-order valence-corrected chi connectivity index (χ0v) is 17.5. The standard InChI is InChI=1S/C19H23Cl2N3O5/c1-13(25)22-16(19(28)29-24-17(26)6-7-18(24)27)12-14-2-4-15(5-3-14)23(10-8-20)11-9-21/h2-5,16H,6-12H2,1H3,(H,22,25). The molecule has 2 rings (SSSR count). The summed E-state index contributed by atoms with van der Waals surface area (Å²) >= 11 is 11.7. The summed E-state index contributed by atoms with van der Waals surface area (Å²) in [6, 6.07) is 6.34. The third-order valence-corrected chi connectivity index (χ3v) is 4.64. The summed E-state index contributed by atoms with van der Waals surface area (Å²) in [4.78, 5) is 54.2.